The van der Waals surface area contributed by atoms with Crippen LogP contribution in [0.15, 0.2) is 89.8 Å². The summed E-state index contributed by atoms with van der Waals surface area (Å²) < 4.78 is 33.8. The fourth-order valence-electron chi connectivity index (χ4n) is 4.30. The molecule has 0 aliphatic heterocycles. The van der Waals surface area contributed by atoms with Gasteiger partial charge in [-0.1, -0.05) is 66.7 Å². The zero-order valence-electron chi connectivity index (χ0n) is 18.4. The molecule has 174 valence electrons. The Kier molecular flexibility index (Phi) is 5.47. The van der Waals surface area contributed by atoms with Gasteiger partial charge in [0.05, 0.1) is 22.5 Å². The lowest BCUT2D eigenvalue weighted by molar-refractivity contribution is 0.0980. The van der Waals surface area contributed by atoms with Gasteiger partial charge in [0.25, 0.3) is 10.1 Å². The van der Waals surface area contributed by atoms with Gasteiger partial charge in [-0.05, 0) is 35.7 Å². The number of hydrogen-bond acceptors (Lipinski definition) is 6. The van der Waals surface area contributed by atoms with E-state index >= 15 is 0 Å². The number of benzene rings is 4. The summed E-state index contributed by atoms with van der Waals surface area (Å²) >= 11 is 0. The molecule has 8 heteroatoms. The van der Waals surface area contributed by atoms with Crippen LogP contribution in [0.5, 0.6) is 0 Å². The summed E-state index contributed by atoms with van der Waals surface area (Å²) in [5.41, 5.74) is 8.44. The van der Waals surface area contributed by atoms with Crippen LogP contribution >= 0.6 is 0 Å². The Morgan fingerprint density at radius 2 is 1.29 bits per heavy atom. The quantitative estimate of drug-likeness (QED) is 0.245. The van der Waals surface area contributed by atoms with E-state index in [0.29, 0.717) is 5.69 Å². The van der Waals surface area contributed by atoms with Gasteiger partial charge in [0.15, 0.2) is 11.6 Å². The number of anilines is 3. The van der Waals surface area contributed by atoms with Gasteiger partial charge in [-0.15, -0.1) is 0 Å². The minimum absolute atomic E-state index is 0.0352. The Morgan fingerprint density at radius 3 is 1.89 bits per heavy atom. The Balaban J connectivity index is 1.59. The molecule has 0 amide bonds. The van der Waals surface area contributed by atoms with Gasteiger partial charge < -0.3 is 11.1 Å². The molecule has 0 heterocycles. The highest BCUT2D eigenvalue weighted by Gasteiger charge is 2.36. The van der Waals surface area contributed by atoms with Crippen LogP contribution < -0.4 is 11.1 Å². The van der Waals surface area contributed by atoms with E-state index in [0.717, 1.165) is 23.6 Å². The standard InChI is InChI=1S/C27H20N2O5S/c28-25-22(35(32,33)34)15-21(23-24(25)27(31)20-9-5-4-8-19(20)26(23)30)29-18-12-10-17(11-13-18)14-16-6-2-1-3-7-16/h1-13,15,29H,14,28H2,(H,32,33,34). The van der Waals surface area contributed by atoms with Gasteiger partial charge in [-0.2, -0.15) is 8.42 Å². The van der Waals surface area contributed by atoms with Gasteiger partial charge in [0.2, 0.25) is 0 Å². The van der Waals surface area contributed by atoms with Crippen molar-refractivity contribution >= 4 is 38.7 Å². The van der Waals surface area contributed by atoms with E-state index in [4.69, 9.17) is 5.73 Å². The molecule has 4 N–H and O–H groups in total. The van der Waals surface area contributed by atoms with E-state index in [1.807, 2.05) is 42.5 Å². The molecule has 4 aromatic rings. The predicted molar refractivity (Wildman–Crippen MR) is 133 cm³/mol. The minimum Gasteiger partial charge on any atom is -0.397 e. The summed E-state index contributed by atoms with van der Waals surface area (Å²) in [6.45, 7) is 0. The van der Waals surface area contributed by atoms with Gasteiger partial charge in [0, 0.05) is 16.8 Å². The highest BCUT2D eigenvalue weighted by Crippen LogP contribution is 2.40. The highest BCUT2D eigenvalue weighted by atomic mass is 32.2. The van der Waals surface area contributed by atoms with Crippen LogP contribution in [0.1, 0.15) is 43.0 Å². The van der Waals surface area contributed by atoms with E-state index in [1.54, 1.807) is 24.3 Å². The topological polar surface area (TPSA) is 127 Å². The molecule has 0 bridgehead atoms. The summed E-state index contributed by atoms with van der Waals surface area (Å²) in [7, 11) is -4.77. The molecule has 1 aliphatic carbocycles. The average Bonchev–Trinajstić information content (AvgIpc) is 2.84. The first-order valence-corrected chi connectivity index (χ1v) is 12.2. The monoisotopic (exact) mass is 484 g/mol. The predicted octanol–water partition coefficient (Wildman–Crippen LogP) is 4.63. The average molecular weight is 485 g/mol. The third-order valence-electron chi connectivity index (χ3n) is 5.96. The second-order valence-corrected chi connectivity index (χ2v) is 9.64. The largest absolute Gasteiger partial charge is 0.397 e. The smallest absolute Gasteiger partial charge is 0.296 e. The van der Waals surface area contributed by atoms with Crippen LogP contribution in [-0.2, 0) is 16.5 Å². The molecule has 0 radical (unpaired) electrons. The number of fused-ring (bicyclic) bond motifs is 2. The van der Waals surface area contributed by atoms with Gasteiger partial charge in [0.1, 0.15) is 4.90 Å². The lowest BCUT2D eigenvalue weighted by Gasteiger charge is -2.23. The molecule has 0 saturated heterocycles. The number of carbonyl (C=O) groups is 2. The first-order chi connectivity index (χ1) is 16.7. The molecular formula is C27H20N2O5S. The third-order valence-corrected chi connectivity index (χ3v) is 6.86. The fraction of sp³-hybridized carbons (Fsp3) is 0.0370. The van der Waals surface area contributed by atoms with Gasteiger partial charge in [-0.3, -0.25) is 14.1 Å². The normalized spacial score (nSPS) is 12.7. The molecule has 0 saturated carbocycles. The summed E-state index contributed by atoms with van der Waals surface area (Å²) in [4.78, 5) is 26.0. The molecule has 0 atom stereocenters. The van der Waals surface area contributed by atoms with Crippen LogP contribution in [0.3, 0.4) is 0 Å². The maximum absolute atomic E-state index is 13.4. The highest BCUT2D eigenvalue weighted by molar-refractivity contribution is 7.86. The van der Waals surface area contributed by atoms with Crippen molar-refractivity contribution in [2.75, 3.05) is 11.1 Å². The summed E-state index contributed by atoms with van der Waals surface area (Å²) in [6, 6.07) is 24.7. The van der Waals surface area contributed by atoms with Gasteiger partial charge >= 0.3 is 0 Å². The Hall–Kier alpha value is -4.27. The second kappa shape index (κ2) is 8.50. The summed E-state index contributed by atoms with van der Waals surface area (Å²) in [5.74, 6) is -1.05. The van der Waals surface area contributed by atoms with E-state index in [1.165, 1.54) is 12.1 Å². The van der Waals surface area contributed by atoms with Crippen LogP contribution in [0.4, 0.5) is 17.1 Å². The maximum atomic E-state index is 13.4. The maximum Gasteiger partial charge on any atom is 0.296 e. The number of carbonyl (C=O) groups excluding carboxylic acids is 2. The summed E-state index contributed by atoms with van der Waals surface area (Å²) in [6.07, 6.45) is 0.731. The fourth-order valence-corrected chi connectivity index (χ4v) is 4.95. The molecular weight excluding hydrogens is 464 g/mol. The molecule has 7 nitrogen and oxygen atoms in total. The SMILES string of the molecule is Nc1c(S(=O)(=O)O)cc(Nc2ccc(Cc3ccccc3)cc2)c2c1C(=O)c1ccccc1C2=O. The van der Waals surface area contributed by atoms with E-state index < -0.39 is 32.3 Å². The molecule has 0 aromatic heterocycles. The minimum atomic E-state index is -4.77. The van der Waals surface area contributed by atoms with Crippen LogP contribution in [0.25, 0.3) is 0 Å². The van der Waals surface area contributed by atoms with Crippen molar-refractivity contribution < 1.29 is 22.6 Å². The van der Waals surface area contributed by atoms with Crippen molar-refractivity contribution in [1.29, 1.82) is 0 Å². The molecule has 1 aliphatic rings. The van der Waals surface area contributed by atoms with Crippen molar-refractivity contribution in [3.63, 3.8) is 0 Å². The van der Waals surface area contributed by atoms with Gasteiger partial charge in [-0.25, -0.2) is 0 Å². The van der Waals surface area contributed by atoms with Crippen molar-refractivity contribution in [3.05, 3.63) is 118 Å². The van der Waals surface area contributed by atoms with Crippen LogP contribution in [0.2, 0.25) is 0 Å². The van der Waals surface area contributed by atoms with Crippen LogP contribution in [0, 0.1) is 0 Å². The first-order valence-electron chi connectivity index (χ1n) is 10.8. The number of nitrogens with one attached hydrogen (secondary N) is 1. The van der Waals surface area contributed by atoms with Crippen molar-refractivity contribution in [3.8, 4) is 0 Å². The number of rotatable bonds is 5. The molecule has 4 aromatic carbocycles. The molecule has 0 fully saturated rings. The van der Waals surface area contributed by atoms with Crippen molar-refractivity contribution in [1.82, 2.24) is 0 Å². The molecule has 5 rings (SSSR count). The first kappa shape index (κ1) is 22.5. The molecule has 0 unspecified atom stereocenters. The van der Waals surface area contributed by atoms with E-state index in [9.17, 15) is 22.6 Å². The molecule has 0 spiro atoms. The van der Waals surface area contributed by atoms with E-state index in [2.05, 4.69) is 5.32 Å². The number of nitrogens with two attached hydrogens (primary N) is 1. The third kappa shape index (κ3) is 4.09. The lowest BCUT2D eigenvalue weighted by Crippen LogP contribution is -2.25. The zero-order chi connectivity index (χ0) is 24.7. The van der Waals surface area contributed by atoms with E-state index in [-0.39, 0.29) is 27.9 Å². The zero-order valence-corrected chi connectivity index (χ0v) is 19.2. The van der Waals surface area contributed by atoms with Crippen molar-refractivity contribution in [2.24, 2.45) is 0 Å². The number of ketones is 2. The number of nitrogen functional groups attached to an aromatic ring is 1. The number of hydrogen-bond donors (Lipinski definition) is 3. The lowest BCUT2D eigenvalue weighted by atomic mass is 9.82. The van der Waals surface area contributed by atoms with Crippen LogP contribution in [-0.4, -0.2) is 24.5 Å². The Morgan fingerprint density at radius 1 is 0.743 bits per heavy atom. The van der Waals surface area contributed by atoms with Crippen molar-refractivity contribution in [2.45, 2.75) is 11.3 Å². The molecule has 35 heavy (non-hydrogen) atoms. The summed E-state index contributed by atoms with van der Waals surface area (Å²) in [5, 5.41) is 3.04. The Labute approximate surface area is 202 Å². The Bertz CT molecular complexity index is 1600. The second-order valence-electron chi connectivity index (χ2n) is 8.25.